The van der Waals surface area contributed by atoms with Crippen molar-refractivity contribution in [1.29, 1.82) is 0 Å². The highest BCUT2D eigenvalue weighted by atomic mass is 16.4. The maximum absolute atomic E-state index is 12.2. The van der Waals surface area contributed by atoms with Crippen LogP contribution in [0.25, 0.3) is 0 Å². The number of carboxylic acid groups (broad SMARTS) is 1. The van der Waals surface area contributed by atoms with Gasteiger partial charge in [0.25, 0.3) is 0 Å². The average Bonchev–Trinajstić information content (AvgIpc) is 2.47. The number of nitrogens with one attached hydrogen (secondary N) is 1. The number of aromatic nitrogens is 2. The van der Waals surface area contributed by atoms with E-state index in [1.54, 1.807) is 0 Å². The Morgan fingerprint density at radius 2 is 2.05 bits per heavy atom. The molecule has 0 bridgehead atoms. The van der Waals surface area contributed by atoms with Crippen LogP contribution in [0.1, 0.15) is 23.3 Å². The summed E-state index contributed by atoms with van der Waals surface area (Å²) >= 11 is 0. The van der Waals surface area contributed by atoms with Gasteiger partial charge in [-0.2, -0.15) is 0 Å². The van der Waals surface area contributed by atoms with Crippen LogP contribution in [-0.2, 0) is 4.79 Å². The Balaban J connectivity index is 2.08. The van der Waals surface area contributed by atoms with Gasteiger partial charge >= 0.3 is 12.0 Å². The van der Waals surface area contributed by atoms with Crippen molar-refractivity contribution in [2.24, 2.45) is 11.7 Å². The van der Waals surface area contributed by atoms with E-state index in [0.29, 0.717) is 19.4 Å². The number of nitrogens with zero attached hydrogens (tertiary/aromatic N) is 3. The van der Waals surface area contributed by atoms with Gasteiger partial charge in [-0.1, -0.05) is 0 Å². The first kappa shape index (κ1) is 14.7. The molecule has 1 fully saturated rings. The molecule has 2 heterocycles. The molecule has 9 nitrogen and oxygen atoms in total. The van der Waals surface area contributed by atoms with Gasteiger partial charge in [-0.3, -0.25) is 4.79 Å². The number of hydrogen-bond acceptors (Lipinski definition) is 5. The fourth-order valence-corrected chi connectivity index (χ4v) is 2.20. The van der Waals surface area contributed by atoms with E-state index in [0.717, 1.165) is 0 Å². The Labute approximate surface area is 120 Å². The van der Waals surface area contributed by atoms with Gasteiger partial charge in [-0.25, -0.2) is 19.6 Å². The molecule has 1 aliphatic heterocycles. The van der Waals surface area contributed by atoms with Crippen LogP contribution in [0.5, 0.6) is 0 Å². The summed E-state index contributed by atoms with van der Waals surface area (Å²) in [7, 11) is 0. The molecular formula is C12H15N5O4. The third-order valence-electron chi connectivity index (χ3n) is 3.25. The summed E-state index contributed by atoms with van der Waals surface area (Å²) in [5, 5.41) is 11.4. The zero-order valence-electron chi connectivity index (χ0n) is 11.2. The molecule has 21 heavy (non-hydrogen) atoms. The zero-order chi connectivity index (χ0) is 15.4. The first-order valence-corrected chi connectivity index (χ1v) is 6.38. The lowest BCUT2D eigenvalue weighted by Crippen LogP contribution is -2.46. The highest BCUT2D eigenvalue weighted by molar-refractivity contribution is 5.98. The van der Waals surface area contributed by atoms with Crippen LogP contribution in [0, 0.1) is 5.92 Å². The number of amides is 3. The summed E-state index contributed by atoms with van der Waals surface area (Å²) in [5.74, 6) is -2.23. The van der Waals surface area contributed by atoms with Crippen molar-refractivity contribution in [2.45, 2.75) is 12.8 Å². The number of nitrogens with two attached hydrogens (primary N) is 1. The van der Waals surface area contributed by atoms with Crippen LogP contribution in [0.15, 0.2) is 12.4 Å². The fraction of sp³-hybridized carbons (Fsp3) is 0.417. The lowest BCUT2D eigenvalue weighted by molar-refractivity contribution is -0.121. The molecule has 1 atom stereocenters. The Kier molecular flexibility index (Phi) is 4.31. The first-order valence-electron chi connectivity index (χ1n) is 6.38. The van der Waals surface area contributed by atoms with Crippen molar-refractivity contribution in [2.75, 3.05) is 18.4 Å². The number of urea groups is 1. The Morgan fingerprint density at radius 3 is 2.71 bits per heavy atom. The van der Waals surface area contributed by atoms with Gasteiger partial charge in [0.2, 0.25) is 5.91 Å². The van der Waals surface area contributed by atoms with Crippen molar-refractivity contribution in [3.63, 3.8) is 0 Å². The number of hydrogen-bond donors (Lipinski definition) is 3. The van der Waals surface area contributed by atoms with Gasteiger partial charge in [-0.15, -0.1) is 0 Å². The van der Waals surface area contributed by atoms with Gasteiger partial charge in [-0.05, 0) is 12.8 Å². The molecule has 0 spiro atoms. The number of piperidine rings is 1. The summed E-state index contributed by atoms with van der Waals surface area (Å²) < 4.78 is 0. The number of carbonyl (C=O) groups excluding carboxylic acids is 2. The van der Waals surface area contributed by atoms with Crippen molar-refractivity contribution in [1.82, 2.24) is 14.9 Å². The summed E-state index contributed by atoms with van der Waals surface area (Å²) in [4.78, 5) is 43.2. The van der Waals surface area contributed by atoms with Crippen LogP contribution >= 0.6 is 0 Å². The van der Waals surface area contributed by atoms with Crippen LogP contribution in [0.3, 0.4) is 0 Å². The number of primary amides is 1. The minimum atomic E-state index is -1.28. The second-order valence-electron chi connectivity index (χ2n) is 4.67. The predicted octanol–water partition coefficient (Wildman–Crippen LogP) is -0.0960. The topological polar surface area (TPSA) is 139 Å². The molecule has 1 aliphatic rings. The van der Waals surface area contributed by atoms with Crippen molar-refractivity contribution < 1.29 is 19.5 Å². The molecule has 0 radical (unpaired) electrons. The number of carboxylic acids is 1. The second-order valence-corrected chi connectivity index (χ2v) is 4.67. The van der Waals surface area contributed by atoms with Crippen molar-refractivity contribution >= 4 is 23.7 Å². The molecule has 2 rings (SSSR count). The van der Waals surface area contributed by atoms with Crippen LogP contribution in [-0.4, -0.2) is 51.0 Å². The molecule has 0 saturated carbocycles. The standard InChI is InChI=1S/C12H15N5O4/c13-12(21)17-5-1-2-7(6-17)10(18)16-9-8(11(19)20)14-3-4-15-9/h3-4,7H,1-2,5-6H2,(H2,13,21)(H,19,20)(H,15,16,18). The number of likely N-dealkylation sites (tertiary alicyclic amines) is 1. The van der Waals surface area contributed by atoms with Gasteiger partial charge in [0, 0.05) is 25.5 Å². The van der Waals surface area contributed by atoms with E-state index >= 15 is 0 Å². The summed E-state index contributed by atoms with van der Waals surface area (Å²) in [6, 6.07) is -0.571. The number of rotatable bonds is 3. The fourth-order valence-electron chi connectivity index (χ4n) is 2.20. The number of anilines is 1. The molecule has 3 amide bonds. The molecule has 1 aromatic rings. The van der Waals surface area contributed by atoms with E-state index in [-0.39, 0.29) is 18.1 Å². The van der Waals surface area contributed by atoms with Gasteiger partial charge in [0.05, 0.1) is 5.92 Å². The summed E-state index contributed by atoms with van der Waals surface area (Å²) in [6.45, 7) is 0.731. The van der Waals surface area contributed by atoms with Crippen molar-refractivity contribution in [3.8, 4) is 0 Å². The molecule has 1 aromatic heterocycles. The van der Waals surface area contributed by atoms with E-state index in [1.807, 2.05) is 0 Å². The maximum Gasteiger partial charge on any atom is 0.358 e. The Hall–Kier alpha value is -2.71. The average molecular weight is 293 g/mol. The lowest BCUT2D eigenvalue weighted by atomic mass is 9.97. The largest absolute Gasteiger partial charge is 0.476 e. The van der Waals surface area contributed by atoms with Gasteiger partial charge in [0.15, 0.2) is 11.5 Å². The SMILES string of the molecule is NC(=O)N1CCCC(C(=O)Nc2nccnc2C(=O)O)C1. The minimum absolute atomic E-state index is 0.105. The molecule has 1 saturated heterocycles. The molecular weight excluding hydrogens is 278 g/mol. The summed E-state index contributed by atoms with van der Waals surface area (Å²) in [5.41, 5.74) is 4.88. The monoisotopic (exact) mass is 293 g/mol. The Bertz CT molecular complexity index is 577. The maximum atomic E-state index is 12.2. The highest BCUT2D eigenvalue weighted by Crippen LogP contribution is 2.18. The molecule has 9 heteroatoms. The van der Waals surface area contributed by atoms with Crippen molar-refractivity contribution in [3.05, 3.63) is 18.1 Å². The van der Waals surface area contributed by atoms with E-state index in [9.17, 15) is 14.4 Å². The number of carbonyl (C=O) groups is 3. The summed E-state index contributed by atoms with van der Waals surface area (Å²) in [6.07, 6.45) is 3.78. The normalized spacial score (nSPS) is 18.1. The van der Waals surface area contributed by atoms with E-state index in [2.05, 4.69) is 15.3 Å². The zero-order valence-corrected chi connectivity index (χ0v) is 11.2. The third-order valence-corrected chi connectivity index (χ3v) is 3.25. The Morgan fingerprint density at radius 1 is 1.33 bits per heavy atom. The molecule has 0 aliphatic carbocycles. The minimum Gasteiger partial charge on any atom is -0.476 e. The third kappa shape index (κ3) is 3.44. The van der Waals surface area contributed by atoms with Crippen LogP contribution < -0.4 is 11.1 Å². The second kappa shape index (κ2) is 6.16. The first-order chi connectivity index (χ1) is 9.99. The van der Waals surface area contributed by atoms with E-state index < -0.39 is 23.8 Å². The lowest BCUT2D eigenvalue weighted by Gasteiger charge is -2.30. The van der Waals surface area contributed by atoms with E-state index in [1.165, 1.54) is 17.3 Å². The molecule has 1 unspecified atom stereocenters. The highest BCUT2D eigenvalue weighted by Gasteiger charge is 2.28. The molecule has 112 valence electrons. The van der Waals surface area contributed by atoms with Gasteiger partial charge in [0.1, 0.15) is 0 Å². The molecule has 0 aromatic carbocycles. The van der Waals surface area contributed by atoms with Crippen LogP contribution in [0.4, 0.5) is 10.6 Å². The van der Waals surface area contributed by atoms with E-state index in [4.69, 9.17) is 10.8 Å². The van der Waals surface area contributed by atoms with Gasteiger partial charge < -0.3 is 21.1 Å². The smallest absolute Gasteiger partial charge is 0.358 e. The quantitative estimate of drug-likeness (QED) is 0.711. The van der Waals surface area contributed by atoms with Crippen LogP contribution in [0.2, 0.25) is 0 Å². The molecule has 4 N–H and O–H groups in total. The predicted molar refractivity (Wildman–Crippen MR) is 71.5 cm³/mol. The number of aromatic carboxylic acids is 1.